The van der Waals surface area contributed by atoms with Gasteiger partial charge in [0.05, 0.1) is 11.1 Å². The van der Waals surface area contributed by atoms with Gasteiger partial charge in [0.15, 0.2) is 0 Å². The second kappa shape index (κ2) is 5.27. The van der Waals surface area contributed by atoms with Crippen LogP contribution in [0.15, 0.2) is 18.2 Å². The number of carbonyl (C=O) groups excluding carboxylic acids is 2. The lowest BCUT2D eigenvalue weighted by Gasteiger charge is -2.29. The van der Waals surface area contributed by atoms with E-state index in [1.807, 2.05) is 6.07 Å². The molecule has 0 spiro atoms. The van der Waals surface area contributed by atoms with Crippen molar-refractivity contribution in [1.29, 1.82) is 0 Å². The number of nitrogens with one attached hydrogen (secondary N) is 2. The number of amides is 2. The number of anilines is 1. The minimum absolute atomic E-state index is 0.288. The highest BCUT2D eigenvalue weighted by Crippen LogP contribution is 2.29. The molecule has 20 heavy (non-hydrogen) atoms. The molecule has 1 saturated carbocycles. The lowest BCUT2D eigenvalue weighted by atomic mass is 9.84. The van der Waals surface area contributed by atoms with E-state index >= 15 is 0 Å². The zero-order valence-electron chi connectivity index (χ0n) is 11.7. The second-order valence-corrected chi connectivity index (χ2v) is 5.83. The van der Waals surface area contributed by atoms with Crippen molar-refractivity contribution >= 4 is 17.5 Å². The van der Waals surface area contributed by atoms with Gasteiger partial charge < -0.3 is 5.32 Å². The van der Waals surface area contributed by atoms with Gasteiger partial charge in [-0.1, -0.05) is 26.2 Å². The second-order valence-electron chi connectivity index (χ2n) is 5.83. The number of hydrogen-bond donors (Lipinski definition) is 2. The summed E-state index contributed by atoms with van der Waals surface area (Å²) in [5, 5.41) is 5.84. The number of benzene rings is 1. The Morgan fingerprint density at radius 1 is 1.20 bits per heavy atom. The fourth-order valence-corrected chi connectivity index (χ4v) is 3.29. The molecule has 2 unspecified atom stereocenters. The lowest BCUT2D eigenvalue weighted by molar-refractivity contribution is 0.0879. The molecule has 0 aromatic heterocycles. The van der Waals surface area contributed by atoms with Gasteiger partial charge in [-0.05, 0) is 37.0 Å². The molecule has 1 heterocycles. The van der Waals surface area contributed by atoms with Crippen molar-refractivity contribution in [3.05, 3.63) is 29.3 Å². The van der Waals surface area contributed by atoms with Crippen molar-refractivity contribution < 1.29 is 9.59 Å². The van der Waals surface area contributed by atoms with Gasteiger partial charge in [0, 0.05) is 11.7 Å². The van der Waals surface area contributed by atoms with Crippen molar-refractivity contribution in [2.45, 2.75) is 45.1 Å². The van der Waals surface area contributed by atoms with E-state index in [1.54, 1.807) is 12.1 Å². The van der Waals surface area contributed by atoms with Crippen molar-refractivity contribution in [2.75, 3.05) is 5.32 Å². The van der Waals surface area contributed by atoms with Gasteiger partial charge in [-0.15, -0.1) is 0 Å². The van der Waals surface area contributed by atoms with Crippen LogP contribution in [0, 0.1) is 5.92 Å². The Morgan fingerprint density at radius 3 is 2.80 bits per heavy atom. The molecule has 2 amide bonds. The molecule has 1 aliphatic carbocycles. The fourth-order valence-electron chi connectivity index (χ4n) is 3.29. The maximum atomic E-state index is 11.7. The highest BCUT2D eigenvalue weighted by molar-refractivity contribution is 6.21. The Bertz CT molecular complexity index is 553. The van der Waals surface area contributed by atoms with E-state index in [0.717, 1.165) is 11.6 Å². The van der Waals surface area contributed by atoms with Gasteiger partial charge in [-0.2, -0.15) is 0 Å². The summed E-state index contributed by atoms with van der Waals surface area (Å²) in [5.41, 5.74) is 1.91. The zero-order chi connectivity index (χ0) is 14.1. The fraction of sp³-hybridized carbons (Fsp3) is 0.500. The molecule has 2 N–H and O–H groups in total. The van der Waals surface area contributed by atoms with Crippen molar-refractivity contribution in [1.82, 2.24) is 5.32 Å². The largest absolute Gasteiger partial charge is 0.382 e. The molecule has 1 aromatic rings. The maximum Gasteiger partial charge on any atom is 0.259 e. The Labute approximate surface area is 118 Å². The van der Waals surface area contributed by atoms with Gasteiger partial charge in [0.25, 0.3) is 11.8 Å². The quantitative estimate of drug-likeness (QED) is 0.832. The highest BCUT2D eigenvalue weighted by Gasteiger charge is 2.27. The summed E-state index contributed by atoms with van der Waals surface area (Å²) in [6, 6.07) is 5.90. The standard InChI is InChI=1S/C16H20N2O2/c1-2-10-4-3-5-11(8-10)17-12-6-7-13-14(9-12)16(20)18-15(13)19/h6-7,9-11,17H,2-5,8H2,1H3,(H,18,19,20). The summed E-state index contributed by atoms with van der Waals surface area (Å²) in [4.78, 5) is 23.2. The van der Waals surface area contributed by atoms with Gasteiger partial charge in [-0.3, -0.25) is 14.9 Å². The molecular weight excluding hydrogens is 252 g/mol. The molecular formula is C16H20N2O2. The molecule has 0 saturated heterocycles. The minimum atomic E-state index is -0.291. The molecule has 1 aromatic carbocycles. The molecule has 1 fully saturated rings. The summed E-state index contributed by atoms with van der Waals surface area (Å²) < 4.78 is 0. The highest BCUT2D eigenvalue weighted by atomic mass is 16.2. The normalized spacial score (nSPS) is 25.2. The summed E-state index contributed by atoms with van der Waals surface area (Å²) in [6.45, 7) is 2.25. The number of fused-ring (bicyclic) bond motifs is 1. The smallest absolute Gasteiger partial charge is 0.259 e. The molecule has 4 heteroatoms. The van der Waals surface area contributed by atoms with Crippen LogP contribution in [0.3, 0.4) is 0 Å². The Balaban J connectivity index is 1.74. The molecule has 2 aliphatic rings. The average molecular weight is 272 g/mol. The van der Waals surface area contributed by atoms with Crippen LogP contribution in [-0.4, -0.2) is 17.9 Å². The van der Waals surface area contributed by atoms with Crippen LogP contribution in [-0.2, 0) is 0 Å². The molecule has 3 rings (SSSR count). The van der Waals surface area contributed by atoms with Crippen LogP contribution < -0.4 is 10.6 Å². The third-order valence-electron chi connectivity index (χ3n) is 4.47. The van der Waals surface area contributed by atoms with Gasteiger partial charge in [0.1, 0.15) is 0 Å². The van der Waals surface area contributed by atoms with Crippen LogP contribution in [0.5, 0.6) is 0 Å². The SMILES string of the molecule is CCC1CCCC(Nc2ccc3c(c2)C(=O)NC3=O)C1. The predicted octanol–water partition coefficient (Wildman–Crippen LogP) is 2.95. The number of hydrogen-bond acceptors (Lipinski definition) is 3. The lowest BCUT2D eigenvalue weighted by Crippen LogP contribution is -2.27. The summed E-state index contributed by atoms with van der Waals surface area (Å²) in [5.74, 6) is 0.226. The van der Waals surface area contributed by atoms with Gasteiger partial charge in [0.2, 0.25) is 0 Å². The maximum absolute atomic E-state index is 11.7. The number of carbonyl (C=O) groups is 2. The van der Waals surface area contributed by atoms with E-state index in [4.69, 9.17) is 0 Å². The van der Waals surface area contributed by atoms with Crippen LogP contribution in [0.2, 0.25) is 0 Å². The van der Waals surface area contributed by atoms with E-state index in [0.29, 0.717) is 17.2 Å². The number of imide groups is 1. The third kappa shape index (κ3) is 2.42. The van der Waals surface area contributed by atoms with Crippen LogP contribution >= 0.6 is 0 Å². The summed E-state index contributed by atoms with van der Waals surface area (Å²) >= 11 is 0. The molecule has 0 radical (unpaired) electrons. The van der Waals surface area contributed by atoms with Gasteiger partial charge >= 0.3 is 0 Å². The first-order chi connectivity index (χ1) is 9.67. The first-order valence-corrected chi connectivity index (χ1v) is 7.43. The average Bonchev–Trinajstić information content (AvgIpc) is 2.74. The Morgan fingerprint density at radius 2 is 2.00 bits per heavy atom. The minimum Gasteiger partial charge on any atom is -0.382 e. The van der Waals surface area contributed by atoms with E-state index in [-0.39, 0.29) is 11.8 Å². The van der Waals surface area contributed by atoms with Crippen LogP contribution in [0.1, 0.15) is 59.7 Å². The van der Waals surface area contributed by atoms with Crippen LogP contribution in [0.25, 0.3) is 0 Å². The molecule has 1 aliphatic heterocycles. The topological polar surface area (TPSA) is 58.2 Å². The molecule has 0 bridgehead atoms. The summed E-state index contributed by atoms with van der Waals surface area (Å²) in [7, 11) is 0. The Hall–Kier alpha value is -1.84. The monoisotopic (exact) mass is 272 g/mol. The van der Waals surface area contributed by atoms with Crippen LogP contribution in [0.4, 0.5) is 5.69 Å². The molecule has 106 valence electrons. The third-order valence-corrected chi connectivity index (χ3v) is 4.47. The zero-order valence-corrected chi connectivity index (χ0v) is 11.7. The summed E-state index contributed by atoms with van der Waals surface area (Å²) in [6.07, 6.45) is 6.20. The van der Waals surface area contributed by atoms with Crippen molar-refractivity contribution in [2.24, 2.45) is 5.92 Å². The van der Waals surface area contributed by atoms with Gasteiger partial charge in [-0.25, -0.2) is 0 Å². The van der Waals surface area contributed by atoms with E-state index in [9.17, 15) is 9.59 Å². The first-order valence-electron chi connectivity index (χ1n) is 7.43. The number of rotatable bonds is 3. The van der Waals surface area contributed by atoms with E-state index in [2.05, 4.69) is 17.6 Å². The molecule has 2 atom stereocenters. The molecule has 4 nitrogen and oxygen atoms in total. The van der Waals surface area contributed by atoms with E-state index < -0.39 is 0 Å². The van der Waals surface area contributed by atoms with Crippen molar-refractivity contribution in [3.8, 4) is 0 Å². The van der Waals surface area contributed by atoms with Crippen molar-refractivity contribution in [3.63, 3.8) is 0 Å². The van der Waals surface area contributed by atoms with E-state index in [1.165, 1.54) is 32.1 Å². The predicted molar refractivity (Wildman–Crippen MR) is 77.9 cm³/mol. The Kier molecular flexibility index (Phi) is 3.47. The first kappa shape index (κ1) is 13.2.